The first-order valence-corrected chi connectivity index (χ1v) is 6.54. The number of thiazole rings is 1. The van der Waals surface area contributed by atoms with Gasteiger partial charge in [-0.15, -0.1) is 11.3 Å². The maximum atomic E-state index is 5.56. The van der Waals surface area contributed by atoms with Gasteiger partial charge in [0, 0.05) is 10.9 Å². The number of hydrogen-bond acceptors (Lipinski definition) is 4. The van der Waals surface area contributed by atoms with Gasteiger partial charge < -0.3 is 11.1 Å². The molecule has 1 aliphatic rings. The Morgan fingerprint density at radius 3 is 2.87 bits per heavy atom. The van der Waals surface area contributed by atoms with Crippen molar-refractivity contribution in [1.29, 1.82) is 0 Å². The Morgan fingerprint density at radius 1 is 1.47 bits per heavy atom. The second-order valence-electron chi connectivity index (χ2n) is 4.19. The van der Waals surface area contributed by atoms with Gasteiger partial charge in [0.1, 0.15) is 0 Å². The second-order valence-corrected chi connectivity index (χ2v) is 5.28. The van der Waals surface area contributed by atoms with E-state index in [1.807, 2.05) is 0 Å². The molecular formula is C11H19N3S. The molecule has 1 aromatic rings. The number of anilines is 1. The third-order valence-corrected chi connectivity index (χ3v) is 4.10. The summed E-state index contributed by atoms with van der Waals surface area (Å²) in [6, 6.07) is 0.654. The second kappa shape index (κ2) is 4.94. The lowest BCUT2D eigenvalue weighted by molar-refractivity contribution is 0.754. The first-order valence-electron chi connectivity index (χ1n) is 5.72. The molecule has 0 bridgehead atoms. The summed E-state index contributed by atoms with van der Waals surface area (Å²) in [6.45, 7) is 2.78. The lowest BCUT2D eigenvalue weighted by Gasteiger charge is -2.09. The Bertz CT molecular complexity index is 316. The van der Waals surface area contributed by atoms with E-state index in [1.165, 1.54) is 30.6 Å². The van der Waals surface area contributed by atoms with Gasteiger partial charge in [-0.2, -0.15) is 0 Å². The van der Waals surface area contributed by atoms with E-state index in [-0.39, 0.29) is 0 Å². The zero-order valence-electron chi connectivity index (χ0n) is 9.25. The first kappa shape index (κ1) is 10.9. The predicted molar refractivity (Wildman–Crippen MR) is 65.5 cm³/mol. The minimum atomic E-state index is 0.654. The van der Waals surface area contributed by atoms with Crippen molar-refractivity contribution in [3.8, 4) is 0 Å². The molecule has 1 aliphatic carbocycles. The maximum absolute atomic E-state index is 5.56. The third-order valence-electron chi connectivity index (χ3n) is 2.95. The molecule has 0 unspecified atom stereocenters. The van der Waals surface area contributed by atoms with Crippen LogP contribution >= 0.6 is 11.3 Å². The quantitative estimate of drug-likeness (QED) is 0.826. The van der Waals surface area contributed by atoms with Gasteiger partial charge in [-0.3, -0.25) is 0 Å². The van der Waals surface area contributed by atoms with Crippen molar-refractivity contribution in [2.45, 2.75) is 45.1 Å². The van der Waals surface area contributed by atoms with Gasteiger partial charge in [0.2, 0.25) is 0 Å². The highest BCUT2D eigenvalue weighted by Crippen LogP contribution is 2.27. The Labute approximate surface area is 95.1 Å². The average molecular weight is 225 g/mol. The number of aryl methyl sites for hydroxylation is 1. The van der Waals surface area contributed by atoms with Crippen molar-refractivity contribution in [3.05, 3.63) is 10.6 Å². The van der Waals surface area contributed by atoms with Crippen molar-refractivity contribution >= 4 is 16.5 Å². The molecule has 3 N–H and O–H groups in total. The van der Waals surface area contributed by atoms with E-state index in [0.717, 1.165) is 17.2 Å². The number of nitrogens with one attached hydrogen (secondary N) is 1. The highest BCUT2D eigenvalue weighted by molar-refractivity contribution is 7.15. The molecule has 1 saturated carbocycles. The van der Waals surface area contributed by atoms with E-state index >= 15 is 0 Å². The summed E-state index contributed by atoms with van der Waals surface area (Å²) in [5, 5.41) is 4.61. The maximum Gasteiger partial charge on any atom is 0.183 e. The fourth-order valence-electron chi connectivity index (χ4n) is 2.10. The molecule has 2 rings (SSSR count). The Morgan fingerprint density at radius 2 is 2.20 bits per heavy atom. The zero-order valence-corrected chi connectivity index (χ0v) is 10.1. The molecule has 1 fully saturated rings. The standard InChI is InChI=1S/C11H19N3S/c1-8-10(6-7-12)15-11(13-8)14-9-4-2-3-5-9/h9H,2-7,12H2,1H3,(H,13,14). The number of hydrogen-bond donors (Lipinski definition) is 2. The van der Waals surface area contributed by atoms with E-state index in [0.29, 0.717) is 12.6 Å². The molecule has 1 heterocycles. The number of aromatic nitrogens is 1. The Balaban J connectivity index is 1.98. The van der Waals surface area contributed by atoms with Gasteiger partial charge in [-0.05, 0) is 32.7 Å². The van der Waals surface area contributed by atoms with Crippen molar-refractivity contribution in [2.75, 3.05) is 11.9 Å². The molecule has 0 spiro atoms. The van der Waals surface area contributed by atoms with Crippen LogP contribution in [-0.4, -0.2) is 17.6 Å². The number of nitrogens with two attached hydrogens (primary N) is 1. The summed E-state index contributed by atoms with van der Waals surface area (Å²) in [4.78, 5) is 5.88. The van der Waals surface area contributed by atoms with Crippen LogP contribution in [0.4, 0.5) is 5.13 Å². The molecule has 0 aliphatic heterocycles. The van der Waals surface area contributed by atoms with Crippen molar-refractivity contribution in [3.63, 3.8) is 0 Å². The molecule has 4 heteroatoms. The largest absolute Gasteiger partial charge is 0.359 e. The summed E-state index contributed by atoms with van der Waals surface area (Å²) in [5.74, 6) is 0. The van der Waals surface area contributed by atoms with E-state index < -0.39 is 0 Å². The van der Waals surface area contributed by atoms with Crippen LogP contribution < -0.4 is 11.1 Å². The summed E-state index contributed by atoms with van der Waals surface area (Å²) in [5.41, 5.74) is 6.71. The summed E-state index contributed by atoms with van der Waals surface area (Å²) in [7, 11) is 0. The minimum absolute atomic E-state index is 0.654. The van der Waals surface area contributed by atoms with Crippen LogP contribution in [0.3, 0.4) is 0 Å². The Hall–Kier alpha value is -0.610. The van der Waals surface area contributed by atoms with Crippen molar-refractivity contribution < 1.29 is 0 Å². The smallest absolute Gasteiger partial charge is 0.183 e. The van der Waals surface area contributed by atoms with Crippen LogP contribution in [0.2, 0.25) is 0 Å². The summed E-state index contributed by atoms with van der Waals surface area (Å²) < 4.78 is 0. The monoisotopic (exact) mass is 225 g/mol. The van der Waals surface area contributed by atoms with Gasteiger partial charge in [0.05, 0.1) is 5.69 Å². The SMILES string of the molecule is Cc1nc(NC2CCCC2)sc1CCN. The molecule has 15 heavy (non-hydrogen) atoms. The van der Waals surface area contributed by atoms with E-state index in [4.69, 9.17) is 5.73 Å². The van der Waals surface area contributed by atoms with Crippen molar-refractivity contribution in [1.82, 2.24) is 4.98 Å². The molecule has 0 radical (unpaired) electrons. The van der Waals surface area contributed by atoms with Crippen LogP contribution in [0.25, 0.3) is 0 Å². The van der Waals surface area contributed by atoms with Gasteiger partial charge in [0.25, 0.3) is 0 Å². The topological polar surface area (TPSA) is 50.9 Å². The molecule has 1 aromatic heterocycles. The summed E-state index contributed by atoms with van der Waals surface area (Å²) >= 11 is 1.77. The zero-order chi connectivity index (χ0) is 10.7. The van der Waals surface area contributed by atoms with Crippen LogP contribution in [0.1, 0.15) is 36.3 Å². The molecule has 0 aromatic carbocycles. The highest BCUT2D eigenvalue weighted by atomic mass is 32.1. The predicted octanol–water partition coefficient (Wildman–Crippen LogP) is 2.31. The number of nitrogens with zero attached hydrogens (tertiary/aromatic N) is 1. The normalized spacial score (nSPS) is 17.2. The van der Waals surface area contributed by atoms with Gasteiger partial charge >= 0.3 is 0 Å². The molecule has 0 amide bonds. The minimum Gasteiger partial charge on any atom is -0.359 e. The van der Waals surface area contributed by atoms with Gasteiger partial charge in [-0.25, -0.2) is 4.98 Å². The van der Waals surface area contributed by atoms with E-state index in [2.05, 4.69) is 17.2 Å². The van der Waals surface area contributed by atoms with Gasteiger partial charge in [-0.1, -0.05) is 12.8 Å². The first-order chi connectivity index (χ1) is 7.29. The third kappa shape index (κ3) is 2.69. The Kier molecular flexibility index (Phi) is 3.59. The van der Waals surface area contributed by atoms with Crippen LogP contribution in [0.5, 0.6) is 0 Å². The van der Waals surface area contributed by atoms with Crippen LogP contribution in [0, 0.1) is 6.92 Å². The molecule has 0 saturated heterocycles. The summed E-state index contributed by atoms with van der Waals surface area (Å²) in [6.07, 6.45) is 6.26. The molecule has 84 valence electrons. The van der Waals surface area contributed by atoms with E-state index in [9.17, 15) is 0 Å². The molecule has 3 nitrogen and oxygen atoms in total. The van der Waals surface area contributed by atoms with Crippen LogP contribution in [-0.2, 0) is 6.42 Å². The van der Waals surface area contributed by atoms with Crippen LogP contribution in [0.15, 0.2) is 0 Å². The number of rotatable bonds is 4. The van der Waals surface area contributed by atoms with E-state index in [1.54, 1.807) is 11.3 Å². The molecular weight excluding hydrogens is 206 g/mol. The lowest BCUT2D eigenvalue weighted by Crippen LogP contribution is -2.13. The lowest BCUT2D eigenvalue weighted by atomic mass is 10.3. The molecule has 0 atom stereocenters. The fraction of sp³-hybridized carbons (Fsp3) is 0.727. The van der Waals surface area contributed by atoms with Gasteiger partial charge in [0.15, 0.2) is 5.13 Å². The van der Waals surface area contributed by atoms with Crippen molar-refractivity contribution in [2.24, 2.45) is 5.73 Å². The average Bonchev–Trinajstić information content (AvgIpc) is 2.79. The highest BCUT2D eigenvalue weighted by Gasteiger charge is 2.16. The fourth-order valence-corrected chi connectivity index (χ4v) is 3.15.